The molecule has 0 fully saturated rings. The average Bonchev–Trinajstić information content (AvgIpc) is 3.35. The first-order chi connectivity index (χ1) is 16.6. The van der Waals surface area contributed by atoms with Gasteiger partial charge in [0.25, 0.3) is 5.91 Å². The first-order valence-electron chi connectivity index (χ1n) is 10.8. The summed E-state index contributed by atoms with van der Waals surface area (Å²) in [6, 6.07) is 22.5. The summed E-state index contributed by atoms with van der Waals surface area (Å²) in [5.74, 6) is 2.51. The lowest BCUT2D eigenvalue weighted by molar-refractivity contribution is 0.0950. The van der Waals surface area contributed by atoms with Crippen LogP contribution in [0.25, 0.3) is 22.8 Å². The highest BCUT2D eigenvalue weighted by Gasteiger charge is 2.22. The Hall–Kier alpha value is -4.26. The number of hydrogen-bond acceptors (Lipinski definition) is 6. The zero-order valence-electron chi connectivity index (χ0n) is 19.3. The first-order valence-corrected chi connectivity index (χ1v) is 10.8. The lowest BCUT2D eigenvalue weighted by Crippen LogP contribution is -2.26. The fraction of sp³-hybridized carbons (Fsp3) is 0.185. The molecular formula is C27H26N2O5. The number of methoxy groups -OCH3 is 3. The third-order valence-corrected chi connectivity index (χ3v) is 5.36. The lowest BCUT2D eigenvalue weighted by Gasteiger charge is -2.10. The summed E-state index contributed by atoms with van der Waals surface area (Å²) in [5, 5.41) is 2.95. The van der Waals surface area contributed by atoms with Gasteiger partial charge >= 0.3 is 0 Å². The second-order valence-electron chi connectivity index (χ2n) is 7.49. The minimum Gasteiger partial charge on any atom is -0.497 e. The summed E-state index contributed by atoms with van der Waals surface area (Å²) in [6.45, 7) is 0.421. The van der Waals surface area contributed by atoms with E-state index in [9.17, 15) is 4.79 Å². The number of nitrogens with one attached hydrogen (secondary N) is 1. The summed E-state index contributed by atoms with van der Waals surface area (Å²) in [6.07, 6.45) is 0.618. The molecule has 0 unspecified atom stereocenters. The molecule has 0 saturated heterocycles. The molecule has 0 bridgehead atoms. The highest BCUT2D eigenvalue weighted by atomic mass is 16.5. The molecule has 34 heavy (non-hydrogen) atoms. The van der Waals surface area contributed by atoms with Crippen molar-refractivity contribution in [2.24, 2.45) is 0 Å². The second kappa shape index (κ2) is 10.6. The van der Waals surface area contributed by atoms with Crippen LogP contribution in [0.1, 0.15) is 16.1 Å². The maximum absolute atomic E-state index is 13.1. The van der Waals surface area contributed by atoms with Gasteiger partial charge in [-0.3, -0.25) is 4.79 Å². The number of rotatable bonds is 9. The van der Waals surface area contributed by atoms with E-state index in [-0.39, 0.29) is 11.6 Å². The molecular weight excluding hydrogens is 432 g/mol. The van der Waals surface area contributed by atoms with Gasteiger partial charge < -0.3 is 23.9 Å². The van der Waals surface area contributed by atoms with Crippen LogP contribution in [0.15, 0.2) is 77.2 Å². The van der Waals surface area contributed by atoms with Crippen LogP contribution in [0, 0.1) is 0 Å². The van der Waals surface area contributed by atoms with Gasteiger partial charge in [0, 0.05) is 17.7 Å². The number of hydrogen-bond donors (Lipinski definition) is 1. The minimum absolute atomic E-state index is 0.233. The lowest BCUT2D eigenvalue weighted by atomic mass is 10.1. The Morgan fingerprint density at radius 1 is 0.853 bits per heavy atom. The molecule has 1 heterocycles. The fourth-order valence-corrected chi connectivity index (χ4v) is 3.56. The van der Waals surface area contributed by atoms with E-state index in [2.05, 4.69) is 10.3 Å². The van der Waals surface area contributed by atoms with Crippen molar-refractivity contribution in [3.05, 3.63) is 84.1 Å². The number of carbonyl (C=O) groups is 1. The Labute approximate surface area is 198 Å². The fourth-order valence-electron chi connectivity index (χ4n) is 3.56. The quantitative estimate of drug-likeness (QED) is 0.380. The number of aromatic nitrogens is 1. The largest absolute Gasteiger partial charge is 0.497 e. The third kappa shape index (κ3) is 5.04. The number of oxazole rings is 1. The SMILES string of the molecule is COc1ccc(-c2oc(-c3ccccc3)nc2C(=O)NCCc2ccc(OC)c(OC)c2)cc1. The minimum atomic E-state index is -0.308. The topological polar surface area (TPSA) is 82.8 Å². The van der Waals surface area contributed by atoms with E-state index in [1.807, 2.05) is 72.8 Å². The van der Waals surface area contributed by atoms with Crippen LogP contribution in [0.4, 0.5) is 0 Å². The van der Waals surface area contributed by atoms with E-state index in [1.165, 1.54) is 0 Å². The molecule has 0 aliphatic rings. The van der Waals surface area contributed by atoms with Crippen LogP contribution in [0.2, 0.25) is 0 Å². The van der Waals surface area contributed by atoms with E-state index in [0.717, 1.165) is 16.7 Å². The van der Waals surface area contributed by atoms with Gasteiger partial charge in [-0.1, -0.05) is 24.3 Å². The van der Waals surface area contributed by atoms with Crippen molar-refractivity contribution in [1.29, 1.82) is 0 Å². The highest BCUT2D eigenvalue weighted by molar-refractivity contribution is 5.98. The Bertz CT molecular complexity index is 1250. The average molecular weight is 459 g/mol. The molecule has 0 radical (unpaired) electrons. The summed E-state index contributed by atoms with van der Waals surface area (Å²) >= 11 is 0. The van der Waals surface area contributed by atoms with Gasteiger partial charge in [0.1, 0.15) is 5.75 Å². The van der Waals surface area contributed by atoms with E-state index in [1.54, 1.807) is 21.3 Å². The van der Waals surface area contributed by atoms with Gasteiger partial charge in [0.2, 0.25) is 5.89 Å². The first kappa shape index (κ1) is 22.9. The van der Waals surface area contributed by atoms with Gasteiger partial charge in [-0.2, -0.15) is 0 Å². The van der Waals surface area contributed by atoms with Gasteiger partial charge in [-0.25, -0.2) is 4.98 Å². The van der Waals surface area contributed by atoms with Crippen LogP contribution in [0.5, 0.6) is 17.2 Å². The second-order valence-corrected chi connectivity index (χ2v) is 7.49. The van der Waals surface area contributed by atoms with Crippen LogP contribution >= 0.6 is 0 Å². The van der Waals surface area contributed by atoms with E-state index < -0.39 is 0 Å². The Morgan fingerprint density at radius 3 is 2.26 bits per heavy atom. The molecule has 0 spiro atoms. The summed E-state index contributed by atoms with van der Waals surface area (Å²) in [4.78, 5) is 17.6. The van der Waals surface area contributed by atoms with E-state index >= 15 is 0 Å². The van der Waals surface area contributed by atoms with Gasteiger partial charge in [-0.05, 0) is 60.5 Å². The highest BCUT2D eigenvalue weighted by Crippen LogP contribution is 2.31. The molecule has 4 rings (SSSR count). The molecule has 0 aliphatic carbocycles. The Morgan fingerprint density at radius 2 is 1.59 bits per heavy atom. The van der Waals surface area contributed by atoms with Crippen LogP contribution in [-0.4, -0.2) is 38.8 Å². The van der Waals surface area contributed by atoms with E-state index in [4.69, 9.17) is 18.6 Å². The maximum atomic E-state index is 13.1. The van der Waals surface area contributed by atoms with Crippen molar-refractivity contribution in [1.82, 2.24) is 10.3 Å². The van der Waals surface area contributed by atoms with Crippen molar-refractivity contribution in [2.45, 2.75) is 6.42 Å². The number of amides is 1. The zero-order valence-corrected chi connectivity index (χ0v) is 19.3. The van der Waals surface area contributed by atoms with Gasteiger partial charge in [0.15, 0.2) is 23.0 Å². The standard InChI is InChI=1S/C27H26N2O5/c1-31-21-12-10-19(11-13-21)25-24(29-27(34-25)20-7-5-4-6-8-20)26(30)28-16-15-18-9-14-22(32-2)23(17-18)33-3/h4-14,17H,15-16H2,1-3H3,(H,28,30). The van der Waals surface area contributed by atoms with Crippen LogP contribution < -0.4 is 19.5 Å². The normalized spacial score (nSPS) is 10.6. The predicted molar refractivity (Wildman–Crippen MR) is 130 cm³/mol. The number of nitrogens with zero attached hydrogens (tertiary/aromatic N) is 1. The predicted octanol–water partition coefficient (Wildman–Crippen LogP) is 5.01. The maximum Gasteiger partial charge on any atom is 0.273 e. The third-order valence-electron chi connectivity index (χ3n) is 5.36. The molecule has 0 atom stereocenters. The van der Waals surface area contributed by atoms with Crippen molar-refractivity contribution >= 4 is 5.91 Å². The molecule has 0 saturated carbocycles. The van der Waals surface area contributed by atoms with Gasteiger partial charge in [-0.15, -0.1) is 0 Å². The number of ether oxygens (including phenoxy) is 3. The van der Waals surface area contributed by atoms with Crippen molar-refractivity contribution < 1.29 is 23.4 Å². The zero-order chi connectivity index (χ0) is 23.9. The van der Waals surface area contributed by atoms with Crippen LogP contribution in [0.3, 0.4) is 0 Å². The smallest absolute Gasteiger partial charge is 0.273 e. The molecule has 4 aromatic rings. The van der Waals surface area contributed by atoms with Crippen molar-refractivity contribution in [3.8, 4) is 40.0 Å². The molecule has 174 valence electrons. The summed E-state index contributed by atoms with van der Waals surface area (Å²) in [7, 11) is 4.80. The summed E-state index contributed by atoms with van der Waals surface area (Å²) < 4.78 is 21.9. The molecule has 3 aromatic carbocycles. The number of carbonyl (C=O) groups excluding carboxylic acids is 1. The molecule has 1 aromatic heterocycles. The molecule has 0 aliphatic heterocycles. The molecule has 1 N–H and O–H groups in total. The van der Waals surface area contributed by atoms with Crippen LogP contribution in [-0.2, 0) is 6.42 Å². The Kier molecular flexibility index (Phi) is 7.13. The molecule has 7 nitrogen and oxygen atoms in total. The van der Waals surface area contributed by atoms with E-state index in [0.29, 0.717) is 41.9 Å². The molecule has 7 heteroatoms. The summed E-state index contributed by atoms with van der Waals surface area (Å²) in [5.41, 5.74) is 2.77. The Balaban J connectivity index is 1.55. The van der Waals surface area contributed by atoms with Gasteiger partial charge in [0.05, 0.1) is 21.3 Å². The van der Waals surface area contributed by atoms with Crippen molar-refractivity contribution in [2.75, 3.05) is 27.9 Å². The monoisotopic (exact) mass is 458 g/mol. The molecule has 1 amide bonds. The van der Waals surface area contributed by atoms with Crippen molar-refractivity contribution in [3.63, 3.8) is 0 Å². The number of benzene rings is 3.